The van der Waals surface area contributed by atoms with Crippen molar-refractivity contribution < 1.29 is 22.6 Å². The van der Waals surface area contributed by atoms with Gasteiger partial charge in [0.15, 0.2) is 6.79 Å². The van der Waals surface area contributed by atoms with Gasteiger partial charge in [0.1, 0.15) is 12.4 Å². The van der Waals surface area contributed by atoms with Crippen LogP contribution >= 0.6 is 0 Å². The second-order valence-electron chi connectivity index (χ2n) is 4.44. The van der Waals surface area contributed by atoms with Gasteiger partial charge in [-0.05, 0) is 26.0 Å². The molecule has 0 saturated heterocycles. The number of hydrogen-bond donors (Lipinski definition) is 1. The lowest BCUT2D eigenvalue weighted by molar-refractivity contribution is -0.186. The fourth-order valence-electron chi connectivity index (χ4n) is 1.70. The molecule has 0 amide bonds. The van der Waals surface area contributed by atoms with Gasteiger partial charge < -0.3 is 14.8 Å². The number of nitrogens with one attached hydrogen (secondary N) is 1. The molecular formula is C14H20F3NO2. The Hall–Kier alpha value is -1.27. The number of benzene rings is 1. The maximum absolute atomic E-state index is 11.9. The van der Waals surface area contributed by atoms with E-state index in [-0.39, 0.29) is 6.04 Å². The summed E-state index contributed by atoms with van der Waals surface area (Å²) < 4.78 is 45.5. The first-order valence-electron chi connectivity index (χ1n) is 6.53. The van der Waals surface area contributed by atoms with Gasteiger partial charge in [0.2, 0.25) is 0 Å². The lowest BCUT2D eigenvalue weighted by Gasteiger charge is -2.18. The third-order valence-corrected chi connectivity index (χ3v) is 2.65. The zero-order chi connectivity index (χ0) is 15.0. The highest BCUT2D eigenvalue weighted by molar-refractivity contribution is 5.35. The van der Waals surface area contributed by atoms with E-state index in [0.717, 1.165) is 18.5 Å². The Kier molecular flexibility index (Phi) is 6.81. The van der Waals surface area contributed by atoms with Crippen LogP contribution in [-0.4, -0.2) is 26.1 Å². The molecule has 0 aliphatic heterocycles. The highest BCUT2D eigenvalue weighted by Crippen LogP contribution is 2.25. The minimum absolute atomic E-state index is 0.0637. The van der Waals surface area contributed by atoms with Crippen LogP contribution in [0.2, 0.25) is 0 Å². The number of hydrogen-bond acceptors (Lipinski definition) is 3. The summed E-state index contributed by atoms with van der Waals surface area (Å²) >= 11 is 0. The van der Waals surface area contributed by atoms with Crippen molar-refractivity contribution in [1.82, 2.24) is 5.32 Å². The normalized spacial score (nSPS) is 13.2. The minimum atomic E-state index is -4.33. The molecule has 6 heteroatoms. The number of ether oxygens (including phenoxy) is 2. The van der Waals surface area contributed by atoms with E-state index in [9.17, 15) is 13.2 Å². The van der Waals surface area contributed by atoms with Crippen LogP contribution in [0.1, 0.15) is 31.9 Å². The quantitative estimate of drug-likeness (QED) is 0.585. The van der Waals surface area contributed by atoms with Crippen molar-refractivity contribution in [3.05, 3.63) is 29.8 Å². The molecule has 0 spiro atoms. The molecule has 114 valence electrons. The monoisotopic (exact) mass is 291 g/mol. The predicted molar refractivity (Wildman–Crippen MR) is 70.7 cm³/mol. The van der Waals surface area contributed by atoms with Crippen LogP contribution in [0, 0.1) is 0 Å². The lowest BCUT2D eigenvalue weighted by Crippen LogP contribution is -2.21. The molecule has 0 heterocycles. The van der Waals surface area contributed by atoms with Crippen molar-refractivity contribution in [2.45, 2.75) is 32.5 Å². The second kappa shape index (κ2) is 8.11. The fraction of sp³-hybridized carbons (Fsp3) is 0.571. The summed E-state index contributed by atoms with van der Waals surface area (Å²) in [5.74, 6) is 0.533. The summed E-state index contributed by atoms with van der Waals surface area (Å²) in [6.45, 7) is 3.18. The summed E-state index contributed by atoms with van der Waals surface area (Å²) in [6.07, 6.45) is -3.33. The van der Waals surface area contributed by atoms with Crippen molar-refractivity contribution in [1.29, 1.82) is 0 Å². The van der Waals surface area contributed by atoms with Gasteiger partial charge in [0.05, 0.1) is 0 Å². The molecule has 1 atom stereocenters. The standard InChI is InChI=1S/C14H20F3NO2/c1-3-8-18-11(2)12-6-4-5-7-13(12)20-10-19-9-14(15,16)17/h4-7,11,18H,3,8-10H2,1-2H3. The van der Waals surface area contributed by atoms with Gasteiger partial charge in [-0.15, -0.1) is 0 Å². The average molecular weight is 291 g/mol. The van der Waals surface area contributed by atoms with Crippen LogP contribution in [0.4, 0.5) is 13.2 Å². The van der Waals surface area contributed by atoms with Gasteiger partial charge >= 0.3 is 6.18 Å². The van der Waals surface area contributed by atoms with Gasteiger partial charge in [-0.2, -0.15) is 13.2 Å². The maximum atomic E-state index is 11.9. The topological polar surface area (TPSA) is 30.5 Å². The molecule has 20 heavy (non-hydrogen) atoms. The average Bonchev–Trinajstić information content (AvgIpc) is 2.40. The fourth-order valence-corrected chi connectivity index (χ4v) is 1.70. The first-order chi connectivity index (χ1) is 9.44. The highest BCUT2D eigenvalue weighted by atomic mass is 19.4. The number of halogens is 3. The Morgan fingerprint density at radius 3 is 2.60 bits per heavy atom. The zero-order valence-corrected chi connectivity index (χ0v) is 11.7. The largest absolute Gasteiger partial charge is 0.467 e. The molecule has 0 saturated carbocycles. The summed E-state index contributed by atoms with van der Waals surface area (Å²) in [5, 5.41) is 3.30. The smallest absolute Gasteiger partial charge is 0.411 e. The first kappa shape index (κ1) is 16.8. The number of alkyl halides is 3. The van der Waals surface area contributed by atoms with Gasteiger partial charge in [0.25, 0.3) is 0 Å². The first-order valence-corrected chi connectivity index (χ1v) is 6.53. The van der Waals surface area contributed by atoms with E-state index in [1.165, 1.54) is 0 Å². The van der Waals surface area contributed by atoms with Gasteiger partial charge in [0, 0.05) is 11.6 Å². The van der Waals surface area contributed by atoms with Crippen molar-refractivity contribution in [3.63, 3.8) is 0 Å². The molecule has 3 nitrogen and oxygen atoms in total. The van der Waals surface area contributed by atoms with Crippen LogP contribution in [0.3, 0.4) is 0 Å². The van der Waals surface area contributed by atoms with E-state index in [2.05, 4.69) is 17.0 Å². The van der Waals surface area contributed by atoms with E-state index >= 15 is 0 Å². The van der Waals surface area contributed by atoms with E-state index in [1.54, 1.807) is 12.1 Å². The zero-order valence-electron chi connectivity index (χ0n) is 11.7. The van der Waals surface area contributed by atoms with Crippen molar-refractivity contribution in [3.8, 4) is 5.75 Å². The lowest BCUT2D eigenvalue weighted by atomic mass is 10.1. The Balaban J connectivity index is 2.52. The van der Waals surface area contributed by atoms with Crippen LogP contribution in [0.25, 0.3) is 0 Å². The van der Waals surface area contributed by atoms with Crippen molar-refractivity contribution in [2.75, 3.05) is 19.9 Å². The van der Waals surface area contributed by atoms with E-state index < -0.39 is 19.6 Å². The molecule has 0 radical (unpaired) electrons. The molecule has 0 aromatic heterocycles. The Morgan fingerprint density at radius 2 is 1.95 bits per heavy atom. The van der Waals surface area contributed by atoms with E-state index in [1.807, 2.05) is 19.1 Å². The van der Waals surface area contributed by atoms with Crippen LogP contribution in [-0.2, 0) is 4.74 Å². The molecule has 0 aliphatic carbocycles. The van der Waals surface area contributed by atoms with Crippen LogP contribution < -0.4 is 10.1 Å². The summed E-state index contributed by atoms with van der Waals surface area (Å²) in [5.41, 5.74) is 0.900. The molecule has 0 fully saturated rings. The van der Waals surface area contributed by atoms with Crippen molar-refractivity contribution in [2.24, 2.45) is 0 Å². The highest BCUT2D eigenvalue weighted by Gasteiger charge is 2.27. The SMILES string of the molecule is CCCNC(C)c1ccccc1OCOCC(F)(F)F. The molecule has 1 N–H and O–H groups in total. The van der Waals surface area contributed by atoms with Crippen LogP contribution in [0.5, 0.6) is 5.75 Å². The molecular weight excluding hydrogens is 271 g/mol. The summed E-state index contributed by atoms with van der Waals surface area (Å²) in [7, 11) is 0. The number of rotatable bonds is 8. The molecule has 0 bridgehead atoms. The maximum Gasteiger partial charge on any atom is 0.411 e. The van der Waals surface area contributed by atoms with E-state index in [0.29, 0.717) is 5.75 Å². The molecule has 1 aromatic carbocycles. The summed E-state index contributed by atoms with van der Waals surface area (Å²) in [6, 6.07) is 7.30. The molecule has 1 unspecified atom stereocenters. The Labute approximate surface area is 117 Å². The predicted octanol–water partition coefficient (Wildman–Crippen LogP) is 3.66. The van der Waals surface area contributed by atoms with Gasteiger partial charge in [-0.3, -0.25) is 0 Å². The Morgan fingerprint density at radius 1 is 1.25 bits per heavy atom. The van der Waals surface area contributed by atoms with Gasteiger partial charge in [-0.25, -0.2) is 0 Å². The molecule has 1 rings (SSSR count). The Bertz CT molecular complexity index is 396. The van der Waals surface area contributed by atoms with Crippen LogP contribution in [0.15, 0.2) is 24.3 Å². The number of para-hydroxylation sites is 1. The third-order valence-electron chi connectivity index (χ3n) is 2.65. The molecule has 1 aromatic rings. The third kappa shape index (κ3) is 6.25. The summed E-state index contributed by atoms with van der Waals surface area (Å²) in [4.78, 5) is 0. The second-order valence-corrected chi connectivity index (χ2v) is 4.44. The van der Waals surface area contributed by atoms with E-state index in [4.69, 9.17) is 4.74 Å². The minimum Gasteiger partial charge on any atom is -0.467 e. The van der Waals surface area contributed by atoms with Crippen molar-refractivity contribution >= 4 is 0 Å². The van der Waals surface area contributed by atoms with Gasteiger partial charge in [-0.1, -0.05) is 25.1 Å². The molecule has 0 aliphatic rings.